The van der Waals surface area contributed by atoms with Crippen LogP contribution in [-0.4, -0.2) is 33.1 Å². The Balaban J connectivity index is 2.61. The molecule has 0 aliphatic heterocycles. The summed E-state index contributed by atoms with van der Waals surface area (Å²) in [6, 6.07) is 0. The van der Waals surface area contributed by atoms with Crippen LogP contribution in [0.15, 0.2) is 6.33 Å². The molecule has 86 valence electrons. The van der Waals surface area contributed by atoms with Crippen LogP contribution in [0, 0.1) is 0 Å². The van der Waals surface area contributed by atoms with Gasteiger partial charge in [-0.05, 0) is 0 Å². The lowest BCUT2D eigenvalue weighted by Gasteiger charge is -2.04. The summed E-state index contributed by atoms with van der Waals surface area (Å²) in [7, 11) is 1.41. The number of aromatic nitrogens is 4. The van der Waals surface area contributed by atoms with Crippen LogP contribution in [0.3, 0.4) is 0 Å². The molecule has 0 bridgehead atoms. The van der Waals surface area contributed by atoms with Crippen molar-refractivity contribution in [3.63, 3.8) is 0 Å². The molecule has 0 atom stereocenters. The van der Waals surface area contributed by atoms with E-state index in [2.05, 4.69) is 15.0 Å². The minimum Gasteiger partial charge on any atom is -0.479 e. The van der Waals surface area contributed by atoms with Gasteiger partial charge < -0.3 is 10.5 Å². The number of hydrogen-bond acceptors (Lipinski definition) is 5. The molecule has 2 aromatic heterocycles. The van der Waals surface area contributed by atoms with Gasteiger partial charge in [0.05, 0.1) is 13.7 Å². The second kappa shape index (κ2) is 3.87. The summed E-state index contributed by atoms with van der Waals surface area (Å²) in [4.78, 5) is 11.6. The zero-order valence-electron chi connectivity index (χ0n) is 8.39. The fraction of sp³-hybridized carbons (Fsp3) is 0.375. The number of nitrogens with two attached hydrogens (primary N) is 1. The zero-order chi connectivity index (χ0) is 11.7. The molecule has 0 spiro atoms. The van der Waals surface area contributed by atoms with Gasteiger partial charge >= 0.3 is 0 Å². The standard InChI is InChI=1S/C8H9F2N5O/c1-16-7-5-6(12-3-13-7)15(2-4(9)10)8(11)14-5/h3-4H,2H2,1H3,(H2,11,14). The Hall–Kier alpha value is -1.99. The quantitative estimate of drug-likeness (QED) is 0.837. The topological polar surface area (TPSA) is 78.8 Å². The maximum atomic E-state index is 12.3. The summed E-state index contributed by atoms with van der Waals surface area (Å²) < 4.78 is 30.7. The van der Waals surface area contributed by atoms with Gasteiger partial charge in [0.2, 0.25) is 11.8 Å². The van der Waals surface area contributed by atoms with Gasteiger partial charge in [0.15, 0.2) is 11.2 Å². The third-order valence-electron chi connectivity index (χ3n) is 2.04. The van der Waals surface area contributed by atoms with Crippen LogP contribution >= 0.6 is 0 Å². The monoisotopic (exact) mass is 229 g/mol. The lowest BCUT2D eigenvalue weighted by molar-refractivity contribution is 0.128. The summed E-state index contributed by atoms with van der Waals surface area (Å²) in [5, 5.41) is 0. The van der Waals surface area contributed by atoms with Crippen LogP contribution in [0.4, 0.5) is 14.7 Å². The SMILES string of the molecule is COc1ncnc2c1nc(N)n2CC(F)F. The van der Waals surface area contributed by atoms with E-state index in [1.807, 2.05) is 0 Å². The lowest BCUT2D eigenvalue weighted by Crippen LogP contribution is -2.10. The number of anilines is 1. The van der Waals surface area contributed by atoms with E-state index < -0.39 is 13.0 Å². The Labute approximate surface area is 89.1 Å². The number of ether oxygens (including phenoxy) is 1. The Morgan fingerprint density at radius 1 is 1.50 bits per heavy atom. The first kappa shape index (κ1) is 10.5. The first-order chi connectivity index (χ1) is 7.63. The molecule has 0 amide bonds. The zero-order valence-corrected chi connectivity index (χ0v) is 8.39. The number of methoxy groups -OCH3 is 1. The minimum atomic E-state index is -2.53. The molecule has 2 rings (SSSR count). The van der Waals surface area contributed by atoms with Gasteiger partial charge in [-0.2, -0.15) is 4.98 Å². The van der Waals surface area contributed by atoms with E-state index in [1.54, 1.807) is 0 Å². The normalized spacial score (nSPS) is 11.2. The maximum Gasteiger partial charge on any atom is 0.256 e. The molecule has 0 radical (unpaired) electrons. The van der Waals surface area contributed by atoms with Crippen molar-refractivity contribution < 1.29 is 13.5 Å². The highest BCUT2D eigenvalue weighted by atomic mass is 19.3. The number of hydrogen-bond donors (Lipinski definition) is 1. The predicted octanol–water partition coefficient (Wildman–Crippen LogP) is 0.682. The molecule has 0 aromatic carbocycles. The third-order valence-corrected chi connectivity index (χ3v) is 2.04. The van der Waals surface area contributed by atoms with Crippen molar-refractivity contribution in [2.24, 2.45) is 0 Å². The average Bonchev–Trinajstić information content (AvgIpc) is 2.55. The molecule has 2 N–H and O–H groups in total. The number of alkyl halides is 2. The molecule has 2 heterocycles. The van der Waals surface area contributed by atoms with Crippen molar-refractivity contribution in [2.45, 2.75) is 13.0 Å². The summed E-state index contributed by atoms with van der Waals surface area (Å²) in [5.41, 5.74) is 6.04. The van der Waals surface area contributed by atoms with Gasteiger partial charge in [-0.15, -0.1) is 0 Å². The molecule has 0 aliphatic carbocycles. The Bertz CT molecular complexity index is 512. The van der Waals surface area contributed by atoms with E-state index in [0.717, 1.165) is 4.57 Å². The Morgan fingerprint density at radius 2 is 2.25 bits per heavy atom. The molecule has 6 nitrogen and oxygen atoms in total. The third kappa shape index (κ3) is 1.62. The molecule has 0 aliphatic rings. The molecular formula is C8H9F2N5O. The summed E-state index contributed by atoms with van der Waals surface area (Å²) >= 11 is 0. The van der Waals surface area contributed by atoms with Crippen molar-refractivity contribution >= 4 is 17.1 Å². The first-order valence-electron chi connectivity index (χ1n) is 4.42. The molecule has 2 aromatic rings. The molecule has 0 unspecified atom stereocenters. The van der Waals surface area contributed by atoms with Crippen molar-refractivity contribution in [3.8, 4) is 5.88 Å². The molecule has 0 fully saturated rings. The van der Waals surface area contributed by atoms with Crippen molar-refractivity contribution in [3.05, 3.63) is 6.33 Å². The van der Waals surface area contributed by atoms with Crippen LogP contribution in [0.25, 0.3) is 11.2 Å². The maximum absolute atomic E-state index is 12.3. The number of fused-ring (bicyclic) bond motifs is 1. The minimum absolute atomic E-state index is 0.0332. The Morgan fingerprint density at radius 3 is 2.88 bits per heavy atom. The highest BCUT2D eigenvalue weighted by Crippen LogP contribution is 2.23. The second-order valence-corrected chi connectivity index (χ2v) is 3.03. The lowest BCUT2D eigenvalue weighted by atomic mass is 10.5. The van der Waals surface area contributed by atoms with Crippen LogP contribution < -0.4 is 10.5 Å². The van der Waals surface area contributed by atoms with E-state index >= 15 is 0 Å². The van der Waals surface area contributed by atoms with Crippen molar-refractivity contribution in [2.75, 3.05) is 12.8 Å². The first-order valence-corrected chi connectivity index (χ1v) is 4.42. The van der Waals surface area contributed by atoms with E-state index in [0.29, 0.717) is 0 Å². The van der Waals surface area contributed by atoms with Gasteiger partial charge in [0.1, 0.15) is 6.33 Å². The van der Waals surface area contributed by atoms with Gasteiger partial charge in [-0.3, -0.25) is 4.57 Å². The number of imidazole rings is 1. The number of nitrogens with zero attached hydrogens (tertiary/aromatic N) is 4. The van der Waals surface area contributed by atoms with Crippen LogP contribution in [0.2, 0.25) is 0 Å². The molecule has 0 saturated heterocycles. The fourth-order valence-electron chi connectivity index (χ4n) is 1.40. The molecular weight excluding hydrogens is 220 g/mol. The van der Waals surface area contributed by atoms with Crippen LogP contribution in [0.1, 0.15) is 0 Å². The van der Waals surface area contributed by atoms with E-state index in [4.69, 9.17) is 10.5 Å². The highest BCUT2D eigenvalue weighted by Gasteiger charge is 2.16. The summed E-state index contributed by atoms with van der Waals surface area (Å²) in [5.74, 6) is 0.179. The van der Waals surface area contributed by atoms with E-state index in [1.165, 1.54) is 13.4 Å². The molecule has 0 saturated carbocycles. The van der Waals surface area contributed by atoms with Gasteiger partial charge in [0, 0.05) is 0 Å². The molecule has 8 heteroatoms. The highest BCUT2D eigenvalue weighted by molar-refractivity contribution is 5.78. The van der Waals surface area contributed by atoms with Crippen LogP contribution in [0.5, 0.6) is 5.88 Å². The van der Waals surface area contributed by atoms with E-state index in [9.17, 15) is 8.78 Å². The largest absolute Gasteiger partial charge is 0.479 e. The number of halogens is 2. The van der Waals surface area contributed by atoms with Crippen molar-refractivity contribution in [1.82, 2.24) is 19.5 Å². The summed E-state index contributed by atoms with van der Waals surface area (Å²) in [6.07, 6.45) is -1.31. The average molecular weight is 229 g/mol. The Kier molecular flexibility index (Phi) is 2.55. The number of rotatable bonds is 3. The van der Waals surface area contributed by atoms with Crippen LogP contribution in [-0.2, 0) is 6.54 Å². The summed E-state index contributed by atoms with van der Waals surface area (Å²) in [6.45, 7) is -0.553. The van der Waals surface area contributed by atoms with Gasteiger partial charge in [-0.1, -0.05) is 0 Å². The second-order valence-electron chi connectivity index (χ2n) is 3.03. The van der Waals surface area contributed by atoms with Gasteiger partial charge in [0.25, 0.3) is 6.43 Å². The van der Waals surface area contributed by atoms with Crippen molar-refractivity contribution in [1.29, 1.82) is 0 Å². The number of nitrogen functional groups attached to an aromatic ring is 1. The fourth-order valence-corrected chi connectivity index (χ4v) is 1.40. The smallest absolute Gasteiger partial charge is 0.256 e. The van der Waals surface area contributed by atoms with E-state index in [-0.39, 0.29) is 23.0 Å². The van der Waals surface area contributed by atoms with Gasteiger partial charge in [-0.25, -0.2) is 18.7 Å². The molecule has 16 heavy (non-hydrogen) atoms. The predicted molar refractivity (Wildman–Crippen MR) is 52.3 cm³/mol.